The van der Waals surface area contributed by atoms with Crippen LogP contribution in [0.15, 0.2) is 0 Å². The highest BCUT2D eigenvalue weighted by molar-refractivity contribution is 5.65. The Kier molecular flexibility index (Phi) is 97.7. The van der Waals surface area contributed by atoms with Crippen molar-refractivity contribution in [3.05, 3.63) is 0 Å². The highest BCUT2D eigenvalue weighted by Crippen LogP contribution is 1.60. The highest BCUT2D eigenvalue weighted by atomic mass is 16.5. The van der Waals surface area contributed by atoms with E-state index >= 15 is 0 Å². The number of carbonyl (C=O) groups is 1. The Morgan fingerprint density at radius 1 is 1.00 bits per heavy atom. The van der Waals surface area contributed by atoms with Gasteiger partial charge >= 0.3 is 5.97 Å². The Balaban J connectivity index is -0.0000000183. The standard InChI is InChI=1S/C3H6O2.C2H6O.3CH4/c1-3(4)5-2;1-3-2;;;/h1-2H3;1-2H3;3*1H4. The summed E-state index contributed by atoms with van der Waals surface area (Å²) in [6.45, 7) is 1.36. The van der Waals surface area contributed by atoms with Crippen molar-refractivity contribution in [2.75, 3.05) is 21.3 Å². The number of hydrogen-bond donors (Lipinski definition) is 0. The average Bonchev–Trinajstić information content (AvgIpc) is 1.69. The first-order chi connectivity index (χ1) is 3.68. The number of esters is 1. The molecule has 0 rings (SSSR count). The molecule has 3 heteroatoms. The van der Waals surface area contributed by atoms with Gasteiger partial charge in [-0.05, 0) is 0 Å². The molecule has 0 N–H and O–H groups in total. The molecule has 74 valence electrons. The summed E-state index contributed by atoms with van der Waals surface area (Å²) in [5, 5.41) is 0. The van der Waals surface area contributed by atoms with E-state index in [1.807, 2.05) is 0 Å². The lowest BCUT2D eigenvalue weighted by atomic mass is 10.8. The highest BCUT2D eigenvalue weighted by Gasteiger charge is 1.75. The van der Waals surface area contributed by atoms with Gasteiger partial charge in [0.05, 0.1) is 7.11 Å². The molecule has 0 spiro atoms. The van der Waals surface area contributed by atoms with Crippen LogP contribution >= 0.6 is 0 Å². The van der Waals surface area contributed by atoms with Crippen molar-refractivity contribution in [2.45, 2.75) is 29.2 Å². The van der Waals surface area contributed by atoms with Crippen LogP contribution in [0.25, 0.3) is 0 Å². The lowest BCUT2D eigenvalue weighted by Crippen LogP contribution is -1.88. The fraction of sp³-hybridized carbons (Fsp3) is 0.875. The molecule has 0 aliphatic carbocycles. The van der Waals surface area contributed by atoms with E-state index in [9.17, 15) is 4.79 Å². The summed E-state index contributed by atoms with van der Waals surface area (Å²) in [6, 6.07) is 0. The topological polar surface area (TPSA) is 35.5 Å². The minimum atomic E-state index is -0.245. The fourth-order valence-electron chi connectivity index (χ4n) is 0. The van der Waals surface area contributed by atoms with Gasteiger partial charge in [-0.3, -0.25) is 4.79 Å². The predicted octanol–water partition coefficient (Wildman–Crippen LogP) is 2.35. The molecule has 0 unspecified atom stereocenters. The molecule has 0 bridgehead atoms. The Morgan fingerprint density at radius 2 is 1.09 bits per heavy atom. The van der Waals surface area contributed by atoms with Crippen molar-refractivity contribution in [1.29, 1.82) is 0 Å². The Labute approximate surface area is 71.7 Å². The molecule has 0 aromatic heterocycles. The normalized spacial score (nSPS) is 4.73. The predicted molar refractivity (Wildman–Crippen MR) is 50.8 cm³/mol. The van der Waals surface area contributed by atoms with Crippen molar-refractivity contribution in [3.63, 3.8) is 0 Å². The van der Waals surface area contributed by atoms with Gasteiger partial charge in [0.2, 0.25) is 0 Å². The van der Waals surface area contributed by atoms with E-state index in [1.165, 1.54) is 14.0 Å². The second-order valence-electron chi connectivity index (χ2n) is 1.10. The quantitative estimate of drug-likeness (QED) is 0.521. The molecule has 0 atom stereocenters. The van der Waals surface area contributed by atoms with Gasteiger partial charge in [-0.2, -0.15) is 0 Å². The molecular weight excluding hydrogens is 144 g/mol. The molecule has 11 heavy (non-hydrogen) atoms. The van der Waals surface area contributed by atoms with Gasteiger partial charge < -0.3 is 9.47 Å². The lowest BCUT2D eigenvalue weighted by molar-refractivity contribution is -0.137. The Hall–Kier alpha value is -0.570. The van der Waals surface area contributed by atoms with Crippen LogP contribution in [0.5, 0.6) is 0 Å². The number of rotatable bonds is 0. The second-order valence-corrected chi connectivity index (χ2v) is 1.10. The van der Waals surface area contributed by atoms with Crippen LogP contribution < -0.4 is 0 Å². The summed E-state index contributed by atoms with van der Waals surface area (Å²) in [6.07, 6.45) is 0. The molecule has 0 amide bonds. The molecule has 0 aromatic rings. The van der Waals surface area contributed by atoms with Gasteiger partial charge in [0.15, 0.2) is 0 Å². The number of ether oxygens (including phenoxy) is 2. The monoisotopic (exact) mass is 168 g/mol. The van der Waals surface area contributed by atoms with Crippen LogP contribution in [0.2, 0.25) is 0 Å². The molecule has 0 saturated heterocycles. The van der Waals surface area contributed by atoms with Crippen LogP contribution in [0, 0.1) is 0 Å². The molecule has 0 fully saturated rings. The van der Waals surface area contributed by atoms with Crippen molar-refractivity contribution in [3.8, 4) is 0 Å². The lowest BCUT2D eigenvalue weighted by Gasteiger charge is -1.80. The first-order valence-electron chi connectivity index (χ1n) is 2.13. The number of carbonyl (C=O) groups excluding carboxylic acids is 1. The maximum Gasteiger partial charge on any atom is 0.302 e. The van der Waals surface area contributed by atoms with E-state index in [-0.39, 0.29) is 28.2 Å². The molecule has 0 aromatic carbocycles. The van der Waals surface area contributed by atoms with Gasteiger partial charge in [-0.1, -0.05) is 22.3 Å². The van der Waals surface area contributed by atoms with Gasteiger partial charge in [-0.15, -0.1) is 0 Å². The Bertz CT molecular complexity index is 53.3. The summed E-state index contributed by atoms with van der Waals surface area (Å²) in [5.74, 6) is -0.245. The van der Waals surface area contributed by atoms with Gasteiger partial charge in [-0.25, -0.2) is 0 Å². The number of hydrogen-bond acceptors (Lipinski definition) is 3. The largest absolute Gasteiger partial charge is 0.469 e. The summed E-state index contributed by atoms with van der Waals surface area (Å²) >= 11 is 0. The summed E-state index contributed by atoms with van der Waals surface area (Å²) < 4.78 is 8.36. The number of methoxy groups -OCH3 is 2. The first kappa shape index (κ1) is 31.5. The summed E-state index contributed by atoms with van der Waals surface area (Å²) in [5.41, 5.74) is 0. The third kappa shape index (κ3) is 255. The van der Waals surface area contributed by atoms with E-state index in [0.29, 0.717) is 0 Å². The van der Waals surface area contributed by atoms with Crippen molar-refractivity contribution in [1.82, 2.24) is 0 Å². The average molecular weight is 168 g/mol. The summed E-state index contributed by atoms with van der Waals surface area (Å²) in [4.78, 5) is 9.59. The van der Waals surface area contributed by atoms with Crippen LogP contribution in [-0.4, -0.2) is 27.3 Å². The third-order valence-corrected chi connectivity index (χ3v) is 0.287. The van der Waals surface area contributed by atoms with Crippen molar-refractivity contribution in [2.24, 2.45) is 0 Å². The van der Waals surface area contributed by atoms with Crippen LogP contribution in [0.1, 0.15) is 29.2 Å². The van der Waals surface area contributed by atoms with Crippen molar-refractivity contribution < 1.29 is 14.3 Å². The molecule has 0 saturated carbocycles. The maximum absolute atomic E-state index is 9.59. The third-order valence-electron chi connectivity index (χ3n) is 0.287. The smallest absolute Gasteiger partial charge is 0.302 e. The van der Waals surface area contributed by atoms with Gasteiger partial charge in [0.1, 0.15) is 0 Å². The summed E-state index contributed by atoms with van der Waals surface area (Å²) in [7, 11) is 4.60. The zero-order valence-electron chi connectivity index (χ0n) is 5.72. The van der Waals surface area contributed by atoms with Crippen LogP contribution in [0.3, 0.4) is 0 Å². The zero-order valence-corrected chi connectivity index (χ0v) is 5.72. The molecule has 0 aliphatic rings. The SMILES string of the molecule is C.C.C.COC.COC(C)=O. The van der Waals surface area contributed by atoms with E-state index in [1.54, 1.807) is 14.2 Å². The first-order valence-corrected chi connectivity index (χ1v) is 2.13. The van der Waals surface area contributed by atoms with E-state index in [0.717, 1.165) is 0 Å². The van der Waals surface area contributed by atoms with E-state index in [2.05, 4.69) is 9.47 Å². The van der Waals surface area contributed by atoms with Crippen molar-refractivity contribution >= 4 is 5.97 Å². The maximum atomic E-state index is 9.59. The second kappa shape index (κ2) is 34.1. The van der Waals surface area contributed by atoms with Gasteiger partial charge in [0, 0.05) is 21.1 Å². The van der Waals surface area contributed by atoms with Crippen LogP contribution in [-0.2, 0) is 14.3 Å². The fourth-order valence-corrected chi connectivity index (χ4v) is 0. The van der Waals surface area contributed by atoms with E-state index < -0.39 is 0 Å². The molecular formula is C8H24O3. The Morgan fingerprint density at radius 3 is 1.09 bits per heavy atom. The molecule has 0 aliphatic heterocycles. The minimum absolute atomic E-state index is 0. The van der Waals surface area contributed by atoms with E-state index in [4.69, 9.17) is 0 Å². The minimum Gasteiger partial charge on any atom is -0.469 e. The molecule has 0 radical (unpaired) electrons. The zero-order chi connectivity index (χ0) is 6.99. The van der Waals surface area contributed by atoms with Crippen LogP contribution in [0.4, 0.5) is 0 Å². The molecule has 0 heterocycles. The van der Waals surface area contributed by atoms with Gasteiger partial charge in [0.25, 0.3) is 0 Å². The molecule has 3 nitrogen and oxygen atoms in total.